The summed E-state index contributed by atoms with van der Waals surface area (Å²) in [5, 5.41) is 0. The Hall–Kier alpha value is -1.41. The maximum absolute atomic E-state index is 12.4. The predicted octanol–water partition coefficient (Wildman–Crippen LogP) is 4.49. The number of carbonyl (C=O) groups is 1. The molecule has 0 amide bonds. The first-order valence-electron chi connectivity index (χ1n) is 5.92. The molecule has 0 N–H and O–H groups in total. The Bertz CT molecular complexity index is 567. The van der Waals surface area contributed by atoms with Crippen LogP contribution in [0.4, 0.5) is 0 Å². The van der Waals surface area contributed by atoms with Gasteiger partial charge in [-0.3, -0.25) is 4.79 Å². The Labute approximate surface area is 116 Å². The lowest BCUT2D eigenvalue weighted by Gasteiger charge is -2.08. The van der Waals surface area contributed by atoms with E-state index < -0.39 is 0 Å². The molecule has 0 atom stereocenters. The maximum atomic E-state index is 12.4. The lowest BCUT2D eigenvalue weighted by molar-refractivity contribution is 0.0992. The number of hydrogen-bond acceptors (Lipinski definition) is 1. The second-order valence-corrected chi connectivity index (χ2v) is 5.41. The molecule has 0 aliphatic heterocycles. The molecule has 2 rings (SSSR count). The molecular weight excluding hydrogens is 288 g/mol. The Balaban J connectivity index is 2.28. The highest BCUT2D eigenvalue weighted by Gasteiger charge is 2.12. The monoisotopic (exact) mass is 302 g/mol. The van der Waals surface area contributed by atoms with Crippen molar-refractivity contribution in [3.05, 3.63) is 69.2 Å². The Morgan fingerprint density at radius 3 is 2.28 bits per heavy atom. The van der Waals surface area contributed by atoms with Crippen LogP contribution < -0.4 is 0 Å². The number of aryl methyl sites for hydroxylation is 2. The molecule has 0 spiro atoms. The molecule has 18 heavy (non-hydrogen) atoms. The summed E-state index contributed by atoms with van der Waals surface area (Å²) in [4.78, 5) is 12.4. The summed E-state index contributed by atoms with van der Waals surface area (Å²) in [6, 6.07) is 13.9. The van der Waals surface area contributed by atoms with E-state index in [1.54, 1.807) is 0 Å². The summed E-state index contributed by atoms with van der Waals surface area (Å²) < 4.78 is 1.01. The third-order valence-corrected chi connectivity index (χ3v) is 3.51. The first-order valence-corrected chi connectivity index (χ1v) is 6.71. The first-order chi connectivity index (χ1) is 8.58. The zero-order chi connectivity index (χ0) is 13.1. The lowest BCUT2D eigenvalue weighted by atomic mass is 9.95. The van der Waals surface area contributed by atoms with Gasteiger partial charge in [0.05, 0.1) is 0 Å². The van der Waals surface area contributed by atoms with Gasteiger partial charge in [-0.25, -0.2) is 0 Å². The van der Waals surface area contributed by atoms with Crippen molar-refractivity contribution in [3.63, 3.8) is 0 Å². The number of ketones is 1. The van der Waals surface area contributed by atoms with Crippen LogP contribution >= 0.6 is 15.9 Å². The molecular formula is C16H15BrO. The fourth-order valence-electron chi connectivity index (χ4n) is 2.17. The van der Waals surface area contributed by atoms with Crippen molar-refractivity contribution >= 4 is 21.7 Å². The van der Waals surface area contributed by atoms with Crippen molar-refractivity contribution in [2.45, 2.75) is 20.3 Å². The molecule has 0 saturated heterocycles. The van der Waals surface area contributed by atoms with E-state index >= 15 is 0 Å². The maximum Gasteiger partial charge on any atom is 0.167 e. The second kappa shape index (κ2) is 5.49. The Kier molecular flexibility index (Phi) is 3.97. The largest absolute Gasteiger partial charge is 0.294 e. The minimum Gasteiger partial charge on any atom is -0.294 e. The van der Waals surface area contributed by atoms with Gasteiger partial charge in [-0.2, -0.15) is 0 Å². The van der Waals surface area contributed by atoms with Crippen molar-refractivity contribution in [1.82, 2.24) is 0 Å². The van der Waals surface area contributed by atoms with Gasteiger partial charge in [-0.15, -0.1) is 0 Å². The molecule has 0 saturated carbocycles. The van der Waals surface area contributed by atoms with Gasteiger partial charge in [-0.05, 0) is 42.7 Å². The molecule has 0 aromatic heterocycles. The molecule has 0 heterocycles. The number of hydrogen-bond donors (Lipinski definition) is 0. The summed E-state index contributed by atoms with van der Waals surface area (Å²) in [5.41, 5.74) is 4.00. The quantitative estimate of drug-likeness (QED) is 0.763. The van der Waals surface area contributed by atoms with E-state index in [0.29, 0.717) is 6.42 Å². The summed E-state index contributed by atoms with van der Waals surface area (Å²) in [7, 11) is 0. The summed E-state index contributed by atoms with van der Waals surface area (Å²) in [6.45, 7) is 3.97. The van der Waals surface area contributed by atoms with Crippen LogP contribution in [0.15, 0.2) is 46.9 Å². The van der Waals surface area contributed by atoms with Crippen molar-refractivity contribution in [2.75, 3.05) is 0 Å². The zero-order valence-electron chi connectivity index (χ0n) is 10.5. The fourth-order valence-corrected chi connectivity index (χ4v) is 2.62. The van der Waals surface area contributed by atoms with E-state index in [-0.39, 0.29) is 5.78 Å². The van der Waals surface area contributed by atoms with Crippen LogP contribution in [-0.2, 0) is 6.42 Å². The molecule has 2 heteroatoms. The standard InChI is InChI=1S/C16H15BrO/c1-11-5-3-6-12(2)16(11)15(18)10-13-7-4-8-14(17)9-13/h3-9H,10H2,1-2H3. The van der Waals surface area contributed by atoms with Crippen LogP contribution in [0.2, 0.25) is 0 Å². The van der Waals surface area contributed by atoms with Crippen LogP contribution in [0.3, 0.4) is 0 Å². The summed E-state index contributed by atoms with van der Waals surface area (Å²) >= 11 is 3.43. The second-order valence-electron chi connectivity index (χ2n) is 4.50. The predicted molar refractivity (Wildman–Crippen MR) is 78.1 cm³/mol. The molecule has 92 valence electrons. The van der Waals surface area contributed by atoms with Gasteiger partial charge in [0.25, 0.3) is 0 Å². The Morgan fingerprint density at radius 1 is 1.06 bits per heavy atom. The van der Waals surface area contributed by atoms with Crippen LogP contribution in [-0.4, -0.2) is 5.78 Å². The molecule has 2 aromatic rings. The van der Waals surface area contributed by atoms with Crippen molar-refractivity contribution in [3.8, 4) is 0 Å². The molecule has 0 aliphatic carbocycles. The molecule has 0 unspecified atom stereocenters. The number of Topliss-reactive ketones (excluding diaryl/α,β-unsaturated/α-hetero) is 1. The van der Waals surface area contributed by atoms with Gasteiger partial charge in [0.1, 0.15) is 0 Å². The first kappa shape index (κ1) is 13.0. The van der Waals surface area contributed by atoms with Crippen LogP contribution in [0, 0.1) is 13.8 Å². The third-order valence-electron chi connectivity index (χ3n) is 3.01. The summed E-state index contributed by atoms with van der Waals surface area (Å²) in [5.74, 6) is 0.184. The molecule has 0 radical (unpaired) electrons. The minimum absolute atomic E-state index is 0.184. The van der Waals surface area contributed by atoms with Crippen LogP contribution in [0.5, 0.6) is 0 Å². The van der Waals surface area contributed by atoms with Crippen molar-refractivity contribution in [1.29, 1.82) is 0 Å². The van der Waals surface area contributed by atoms with Gasteiger partial charge in [0.15, 0.2) is 5.78 Å². The van der Waals surface area contributed by atoms with E-state index in [1.165, 1.54) is 0 Å². The highest BCUT2D eigenvalue weighted by molar-refractivity contribution is 9.10. The number of carbonyl (C=O) groups excluding carboxylic acids is 1. The van der Waals surface area contributed by atoms with E-state index in [1.807, 2.05) is 56.3 Å². The number of halogens is 1. The van der Waals surface area contributed by atoms with E-state index in [2.05, 4.69) is 15.9 Å². The third kappa shape index (κ3) is 2.88. The average molecular weight is 303 g/mol. The highest BCUT2D eigenvalue weighted by atomic mass is 79.9. The van der Waals surface area contributed by atoms with Crippen LogP contribution in [0.1, 0.15) is 27.0 Å². The minimum atomic E-state index is 0.184. The van der Waals surface area contributed by atoms with Crippen molar-refractivity contribution < 1.29 is 4.79 Å². The summed E-state index contributed by atoms with van der Waals surface area (Å²) in [6.07, 6.45) is 0.450. The number of rotatable bonds is 3. The SMILES string of the molecule is Cc1cccc(C)c1C(=O)Cc1cccc(Br)c1. The topological polar surface area (TPSA) is 17.1 Å². The lowest BCUT2D eigenvalue weighted by Crippen LogP contribution is -2.07. The van der Waals surface area contributed by atoms with Gasteiger partial charge in [-0.1, -0.05) is 46.3 Å². The van der Waals surface area contributed by atoms with Crippen LogP contribution in [0.25, 0.3) is 0 Å². The molecule has 2 aromatic carbocycles. The van der Waals surface area contributed by atoms with Gasteiger partial charge in [0.2, 0.25) is 0 Å². The molecule has 1 nitrogen and oxygen atoms in total. The molecule has 0 bridgehead atoms. The van der Waals surface area contributed by atoms with E-state index in [0.717, 1.165) is 26.7 Å². The Morgan fingerprint density at radius 2 is 1.67 bits per heavy atom. The van der Waals surface area contributed by atoms with Gasteiger partial charge < -0.3 is 0 Å². The number of benzene rings is 2. The van der Waals surface area contributed by atoms with Gasteiger partial charge >= 0.3 is 0 Å². The molecule has 0 aliphatic rings. The highest BCUT2D eigenvalue weighted by Crippen LogP contribution is 2.18. The average Bonchev–Trinajstić information content (AvgIpc) is 2.28. The zero-order valence-corrected chi connectivity index (χ0v) is 12.1. The normalized spacial score (nSPS) is 10.4. The van der Waals surface area contributed by atoms with Gasteiger partial charge in [0, 0.05) is 16.5 Å². The van der Waals surface area contributed by atoms with Crippen molar-refractivity contribution in [2.24, 2.45) is 0 Å². The molecule has 0 fully saturated rings. The van der Waals surface area contributed by atoms with E-state index in [9.17, 15) is 4.79 Å². The fraction of sp³-hybridized carbons (Fsp3) is 0.188. The van der Waals surface area contributed by atoms with E-state index in [4.69, 9.17) is 0 Å². The smallest absolute Gasteiger partial charge is 0.167 e.